The van der Waals surface area contributed by atoms with E-state index in [1.54, 1.807) is 6.20 Å². The SMILES string of the molecule is Clc1ccc2c(c1)[C@@H](OCc1c(Cl)cccc1Cl)[C@@H](Cc1ncc[nH]1)CS2. The van der Waals surface area contributed by atoms with E-state index >= 15 is 0 Å². The molecule has 140 valence electrons. The minimum atomic E-state index is -0.114. The van der Waals surface area contributed by atoms with E-state index in [2.05, 4.69) is 16.0 Å². The Labute approximate surface area is 177 Å². The summed E-state index contributed by atoms with van der Waals surface area (Å²) in [5.41, 5.74) is 1.91. The van der Waals surface area contributed by atoms with Crippen LogP contribution in [-0.4, -0.2) is 15.7 Å². The lowest BCUT2D eigenvalue weighted by Gasteiger charge is -2.33. The smallest absolute Gasteiger partial charge is 0.106 e. The van der Waals surface area contributed by atoms with Gasteiger partial charge in [0.05, 0.1) is 12.7 Å². The Morgan fingerprint density at radius 3 is 2.70 bits per heavy atom. The first-order valence-electron chi connectivity index (χ1n) is 8.57. The molecule has 0 saturated carbocycles. The molecule has 0 spiro atoms. The maximum atomic E-state index is 6.39. The maximum Gasteiger partial charge on any atom is 0.106 e. The van der Waals surface area contributed by atoms with Crippen molar-refractivity contribution >= 4 is 46.6 Å². The molecule has 1 aromatic heterocycles. The number of thioether (sulfide) groups is 1. The van der Waals surface area contributed by atoms with Gasteiger partial charge in [-0.3, -0.25) is 0 Å². The van der Waals surface area contributed by atoms with Crippen LogP contribution in [0.2, 0.25) is 15.1 Å². The van der Waals surface area contributed by atoms with E-state index in [9.17, 15) is 0 Å². The van der Waals surface area contributed by atoms with Gasteiger partial charge in [0.2, 0.25) is 0 Å². The second-order valence-corrected chi connectivity index (χ2v) is 8.74. The number of nitrogens with one attached hydrogen (secondary N) is 1. The summed E-state index contributed by atoms with van der Waals surface area (Å²) in [5, 5.41) is 1.93. The van der Waals surface area contributed by atoms with Crippen LogP contribution in [0.4, 0.5) is 0 Å². The van der Waals surface area contributed by atoms with Gasteiger partial charge in [0.25, 0.3) is 0 Å². The number of rotatable bonds is 5. The standard InChI is InChI=1S/C20H17Cl3N2OS/c21-13-4-5-18-14(9-13)20(12(11-27-18)8-19-24-6-7-25-19)26-10-15-16(22)2-1-3-17(15)23/h1-7,9,12,20H,8,10-11H2,(H,24,25)/t12-,20-/m0/s1. The molecule has 0 unspecified atom stereocenters. The number of ether oxygens (including phenoxy) is 1. The van der Waals surface area contributed by atoms with E-state index in [4.69, 9.17) is 39.5 Å². The monoisotopic (exact) mass is 438 g/mol. The first-order chi connectivity index (χ1) is 13.1. The fraction of sp³-hybridized carbons (Fsp3) is 0.250. The molecule has 3 aromatic rings. The second kappa shape index (κ2) is 8.46. The number of benzene rings is 2. The Morgan fingerprint density at radius 2 is 1.96 bits per heavy atom. The molecule has 27 heavy (non-hydrogen) atoms. The lowest BCUT2D eigenvalue weighted by atomic mass is 9.93. The molecule has 0 saturated heterocycles. The topological polar surface area (TPSA) is 37.9 Å². The summed E-state index contributed by atoms with van der Waals surface area (Å²) in [6, 6.07) is 11.5. The summed E-state index contributed by atoms with van der Waals surface area (Å²) in [6.45, 7) is 0.342. The van der Waals surface area contributed by atoms with Crippen LogP contribution in [-0.2, 0) is 17.8 Å². The average molecular weight is 440 g/mol. The maximum absolute atomic E-state index is 6.39. The van der Waals surface area contributed by atoms with Gasteiger partial charge in [0, 0.05) is 56.0 Å². The summed E-state index contributed by atoms with van der Waals surface area (Å²) in [7, 11) is 0. The van der Waals surface area contributed by atoms with Crippen LogP contribution < -0.4 is 0 Å². The van der Waals surface area contributed by atoms with Crippen LogP contribution in [0, 0.1) is 5.92 Å². The van der Waals surface area contributed by atoms with Crippen LogP contribution in [0.3, 0.4) is 0 Å². The van der Waals surface area contributed by atoms with Crippen LogP contribution in [0.1, 0.15) is 23.1 Å². The van der Waals surface area contributed by atoms with Gasteiger partial charge >= 0.3 is 0 Å². The number of H-pyrrole nitrogens is 1. The first-order valence-corrected chi connectivity index (χ1v) is 10.7. The Balaban J connectivity index is 1.63. The predicted molar refractivity (Wildman–Crippen MR) is 112 cm³/mol. The van der Waals surface area contributed by atoms with Crippen LogP contribution >= 0.6 is 46.6 Å². The van der Waals surface area contributed by atoms with E-state index < -0.39 is 0 Å². The highest BCUT2D eigenvalue weighted by Crippen LogP contribution is 2.44. The molecule has 2 heterocycles. The number of aromatic nitrogens is 2. The summed E-state index contributed by atoms with van der Waals surface area (Å²) in [6.07, 6.45) is 4.30. The Morgan fingerprint density at radius 1 is 1.15 bits per heavy atom. The number of hydrogen-bond acceptors (Lipinski definition) is 3. The molecule has 1 aliphatic heterocycles. The highest BCUT2D eigenvalue weighted by molar-refractivity contribution is 7.99. The third-order valence-electron chi connectivity index (χ3n) is 4.64. The molecular formula is C20H17Cl3N2OS. The van der Waals surface area contributed by atoms with E-state index in [0.717, 1.165) is 29.1 Å². The molecule has 4 rings (SSSR count). The Kier molecular flexibility index (Phi) is 6.00. The molecule has 1 N–H and O–H groups in total. The normalized spacial score (nSPS) is 19.1. The molecule has 2 atom stereocenters. The van der Waals surface area contributed by atoms with Crippen molar-refractivity contribution in [2.45, 2.75) is 24.0 Å². The highest BCUT2D eigenvalue weighted by atomic mass is 35.5. The van der Waals surface area contributed by atoms with Crippen molar-refractivity contribution in [2.75, 3.05) is 5.75 Å². The summed E-state index contributed by atoms with van der Waals surface area (Å²) in [4.78, 5) is 8.76. The fourth-order valence-corrected chi connectivity index (χ4v) is 5.18. The molecule has 0 aliphatic carbocycles. The van der Waals surface area contributed by atoms with E-state index in [0.29, 0.717) is 21.7 Å². The third-order valence-corrected chi connectivity index (χ3v) is 6.86. The van der Waals surface area contributed by atoms with Gasteiger partial charge in [-0.2, -0.15) is 0 Å². The van der Waals surface area contributed by atoms with Crippen molar-refractivity contribution in [3.05, 3.63) is 80.8 Å². The summed E-state index contributed by atoms with van der Waals surface area (Å²) in [5.74, 6) is 2.15. The molecule has 7 heteroatoms. The molecule has 0 amide bonds. The molecule has 0 fully saturated rings. The number of aromatic amines is 1. The zero-order valence-electron chi connectivity index (χ0n) is 14.3. The van der Waals surface area contributed by atoms with Crippen molar-refractivity contribution in [2.24, 2.45) is 5.92 Å². The van der Waals surface area contributed by atoms with Gasteiger partial charge in [0.15, 0.2) is 0 Å². The first kappa shape index (κ1) is 19.2. The molecular weight excluding hydrogens is 423 g/mol. The summed E-state index contributed by atoms with van der Waals surface area (Å²) < 4.78 is 6.39. The van der Waals surface area contributed by atoms with Gasteiger partial charge in [-0.1, -0.05) is 40.9 Å². The van der Waals surface area contributed by atoms with E-state index in [1.165, 1.54) is 4.90 Å². The van der Waals surface area contributed by atoms with E-state index in [-0.39, 0.29) is 12.0 Å². The zero-order chi connectivity index (χ0) is 18.8. The summed E-state index contributed by atoms with van der Waals surface area (Å²) >= 11 is 20.7. The van der Waals surface area contributed by atoms with Gasteiger partial charge in [-0.05, 0) is 35.9 Å². The quantitative estimate of drug-likeness (QED) is 0.487. The lowest BCUT2D eigenvalue weighted by Crippen LogP contribution is -2.25. The predicted octanol–water partition coefficient (Wildman–Crippen LogP) is 6.59. The molecule has 0 radical (unpaired) electrons. The number of fused-ring (bicyclic) bond motifs is 1. The van der Waals surface area contributed by atoms with Gasteiger partial charge in [-0.15, -0.1) is 11.8 Å². The van der Waals surface area contributed by atoms with Gasteiger partial charge in [-0.25, -0.2) is 4.98 Å². The fourth-order valence-electron chi connectivity index (χ4n) is 3.30. The zero-order valence-corrected chi connectivity index (χ0v) is 17.4. The van der Waals surface area contributed by atoms with Crippen molar-refractivity contribution in [3.63, 3.8) is 0 Å². The largest absolute Gasteiger partial charge is 0.368 e. The number of halogens is 3. The Hall–Kier alpha value is -1.17. The minimum Gasteiger partial charge on any atom is -0.368 e. The minimum absolute atomic E-state index is 0.114. The molecule has 0 bridgehead atoms. The third kappa shape index (κ3) is 4.30. The van der Waals surface area contributed by atoms with Crippen LogP contribution in [0.15, 0.2) is 53.7 Å². The van der Waals surface area contributed by atoms with Crippen molar-refractivity contribution < 1.29 is 4.74 Å². The second-order valence-electron chi connectivity index (χ2n) is 6.43. The van der Waals surface area contributed by atoms with E-state index in [1.807, 2.05) is 48.3 Å². The molecule has 1 aliphatic rings. The number of nitrogens with zero attached hydrogens (tertiary/aromatic N) is 1. The Bertz CT molecular complexity index is 913. The average Bonchev–Trinajstić information content (AvgIpc) is 3.15. The number of imidazole rings is 1. The molecule has 3 nitrogen and oxygen atoms in total. The van der Waals surface area contributed by atoms with Crippen LogP contribution in [0.25, 0.3) is 0 Å². The van der Waals surface area contributed by atoms with Crippen molar-refractivity contribution in [1.29, 1.82) is 0 Å². The highest BCUT2D eigenvalue weighted by Gasteiger charge is 2.32. The lowest BCUT2D eigenvalue weighted by molar-refractivity contribution is 0.00182. The van der Waals surface area contributed by atoms with Gasteiger partial charge < -0.3 is 9.72 Å². The van der Waals surface area contributed by atoms with Crippen molar-refractivity contribution in [3.8, 4) is 0 Å². The van der Waals surface area contributed by atoms with Crippen LogP contribution in [0.5, 0.6) is 0 Å². The van der Waals surface area contributed by atoms with Crippen molar-refractivity contribution in [1.82, 2.24) is 9.97 Å². The number of hydrogen-bond donors (Lipinski definition) is 1. The van der Waals surface area contributed by atoms with Gasteiger partial charge in [0.1, 0.15) is 5.82 Å². The molecule has 2 aromatic carbocycles.